The molecule has 0 aliphatic carbocycles. The fourth-order valence-corrected chi connectivity index (χ4v) is 2.53. The summed E-state index contributed by atoms with van der Waals surface area (Å²) in [4.78, 5) is 9.22. The minimum absolute atomic E-state index is 0.530. The molecule has 1 saturated heterocycles. The Balaban J connectivity index is 2.22. The second kappa shape index (κ2) is 5.33. The summed E-state index contributed by atoms with van der Waals surface area (Å²) < 4.78 is 0.990. The number of rotatable bonds is 2. The molecule has 1 aromatic rings. The van der Waals surface area contributed by atoms with Gasteiger partial charge in [0.1, 0.15) is 5.82 Å². The predicted octanol–water partition coefficient (Wildman–Crippen LogP) is 1.44. The molecule has 0 radical (unpaired) electrons. The smallest absolute Gasteiger partial charge is 0.133 e. The number of pyridine rings is 1. The molecule has 5 heteroatoms. The third kappa shape index (κ3) is 2.78. The Hall–Kier alpha value is -0.650. The molecule has 0 aromatic carbocycles. The van der Waals surface area contributed by atoms with E-state index in [2.05, 4.69) is 50.8 Å². The average Bonchev–Trinajstić information content (AvgIpc) is 2.32. The SMILES string of the molecule is CC1CN(c2ncc(Br)cc2CN)CCN1C. The van der Waals surface area contributed by atoms with Crippen LogP contribution in [0.5, 0.6) is 0 Å². The maximum atomic E-state index is 5.79. The van der Waals surface area contributed by atoms with Crippen LogP contribution < -0.4 is 10.6 Å². The first-order valence-electron chi connectivity index (χ1n) is 5.91. The van der Waals surface area contributed by atoms with Crippen LogP contribution in [0.4, 0.5) is 5.82 Å². The summed E-state index contributed by atoms with van der Waals surface area (Å²) in [6.07, 6.45) is 1.84. The largest absolute Gasteiger partial charge is 0.354 e. The Morgan fingerprint density at radius 1 is 1.53 bits per heavy atom. The number of nitrogens with two attached hydrogens (primary N) is 1. The molecule has 4 nitrogen and oxygen atoms in total. The molecule has 0 saturated carbocycles. The second-order valence-electron chi connectivity index (χ2n) is 4.62. The quantitative estimate of drug-likeness (QED) is 0.897. The molecule has 0 bridgehead atoms. The number of likely N-dealkylation sites (N-methyl/N-ethyl adjacent to an activating group) is 1. The van der Waals surface area contributed by atoms with E-state index in [-0.39, 0.29) is 0 Å². The highest BCUT2D eigenvalue weighted by molar-refractivity contribution is 9.10. The second-order valence-corrected chi connectivity index (χ2v) is 5.53. The number of hydrogen-bond donors (Lipinski definition) is 1. The van der Waals surface area contributed by atoms with E-state index < -0.39 is 0 Å². The van der Waals surface area contributed by atoms with E-state index in [1.54, 1.807) is 0 Å². The highest BCUT2D eigenvalue weighted by atomic mass is 79.9. The van der Waals surface area contributed by atoms with Crippen molar-refractivity contribution in [1.29, 1.82) is 0 Å². The molecule has 1 unspecified atom stereocenters. The van der Waals surface area contributed by atoms with Gasteiger partial charge in [0.25, 0.3) is 0 Å². The highest BCUT2D eigenvalue weighted by Crippen LogP contribution is 2.23. The van der Waals surface area contributed by atoms with E-state index in [9.17, 15) is 0 Å². The van der Waals surface area contributed by atoms with Crippen LogP contribution in [-0.4, -0.2) is 42.6 Å². The lowest BCUT2D eigenvalue weighted by molar-refractivity contribution is 0.233. The number of halogens is 1. The van der Waals surface area contributed by atoms with Crippen molar-refractivity contribution >= 4 is 21.7 Å². The Bertz CT molecular complexity index is 396. The first-order valence-corrected chi connectivity index (χ1v) is 6.70. The molecule has 0 spiro atoms. The number of hydrogen-bond acceptors (Lipinski definition) is 4. The molecule has 2 rings (SSSR count). The highest BCUT2D eigenvalue weighted by Gasteiger charge is 2.22. The van der Waals surface area contributed by atoms with Crippen LogP contribution in [0, 0.1) is 0 Å². The van der Waals surface area contributed by atoms with E-state index in [4.69, 9.17) is 5.73 Å². The monoisotopic (exact) mass is 298 g/mol. The maximum Gasteiger partial charge on any atom is 0.133 e. The van der Waals surface area contributed by atoms with Gasteiger partial charge in [0, 0.05) is 48.5 Å². The van der Waals surface area contributed by atoms with E-state index in [0.717, 1.165) is 35.5 Å². The van der Waals surface area contributed by atoms with E-state index >= 15 is 0 Å². The number of piperazine rings is 1. The lowest BCUT2D eigenvalue weighted by Gasteiger charge is -2.39. The van der Waals surface area contributed by atoms with E-state index in [1.165, 1.54) is 0 Å². The molecule has 1 aliphatic heterocycles. The molecule has 2 heterocycles. The van der Waals surface area contributed by atoms with Crippen molar-refractivity contribution in [2.45, 2.75) is 19.5 Å². The molecule has 2 N–H and O–H groups in total. The fourth-order valence-electron chi connectivity index (χ4n) is 2.15. The van der Waals surface area contributed by atoms with Gasteiger partial charge in [0.05, 0.1) is 0 Å². The van der Waals surface area contributed by atoms with E-state index in [1.807, 2.05) is 6.20 Å². The van der Waals surface area contributed by atoms with Crippen molar-refractivity contribution in [3.63, 3.8) is 0 Å². The van der Waals surface area contributed by atoms with Gasteiger partial charge < -0.3 is 15.5 Å². The van der Waals surface area contributed by atoms with Gasteiger partial charge in [0.2, 0.25) is 0 Å². The minimum Gasteiger partial charge on any atom is -0.354 e. The summed E-state index contributed by atoms with van der Waals surface area (Å²) in [6.45, 7) is 5.87. The zero-order chi connectivity index (χ0) is 12.4. The maximum absolute atomic E-state index is 5.79. The summed E-state index contributed by atoms with van der Waals surface area (Å²) in [6, 6.07) is 2.62. The summed E-state index contributed by atoms with van der Waals surface area (Å²) >= 11 is 3.44. The van der Waals surface area contributed by atoms with Gasteiger partial charge in [-0.15, -0.1) is 0 Å². The van der Waals surface area contributed by atoms with Crippen LogP contribution in [0.1, 0.15) is 12.5 Å². The van der Waals surface area contributed by atoms with Crippen molar-refractivity contribution in [2.24, 2.45) is 5.73 Å². The molecule has 1 fully saturated rings. The van der Waals surface area contributed by atoms with Crippen LogP contribution >= 0.6 is 15.9 Å². The predicted molar refractivity (Wildman–Crippen MR) is 74.1 cm³/mol. The van der Waals surface area contributed by atoms with Gasteiger partial charge in [-0.05, 0) is 36.0 Å². The summed E-state index contributed by atoms with van der Waals surface area (Å²) in [5.41, 5.74) is 6.90. The number of nitrogens with zero attached hydrogens (tertiary/aromatic N) is 3. The van der Waals surface area contributed by atoms with Gasteiger partial charge in [-0.1, -0.05) is 0 Å². The van der Waals surface area contributed by atoms with Crippen LogP contribution in [-0.2, 0) is 6.54 Å². The van der Waals surface area contributed by atoms with Gasteiger partial charge >= 0.3 is 0 Å². The van der Waals surface area contributed by atoms with Crippen molar-refractivity contribution < 1.29 is 0 Å². The normalized spacial score (nSPS) is 21.9. The number of anilines is 1. The van der Waals surface area contributed by atoms with Gasteiger partial charge in [0.15, 0.2) is 0 Å². The molecule has 1 aromatic heterocycles. The molecule has 1 aliphatic rings. The Kier molecular flexibility index (Phi) is 4.01. The Morgan fingerprint density at radius 3 is 2.94 bits per heavy atom. The molecule has 1 atom stereocenters. The van der Waals surface area contributed by atoms with Crippen molar-refractivity contribution in [1.82, 2.24) is 9.88 Å². The lowest BCUT2D eigenvalue weighted by atomic mass is 10.1. The summed E-state index contributed by atoms with van der Waals surface area (Å²) in [5.74, 6) is 1.04. The zero-order valence-corrected chi connectivity index (χ0v) is 11.9. The third-order valence-electron chi connectivity index (χ3n) is 3.39. The first-order chi connectivity index (χ1) is 8.11. The van der Waals surface area contributed by atoms with Gasteiger partial charge in [-0.2, -0.15) is 0 Å². The Labute approximate surface area is 111 Å². The van der Waals surface area contributed by atoms with Gasteiger partial charge in [-0.3, -0.25) is 0 Å². The van der Waals surface area contributed by atoms with Crippen molar-refractivity contribution in [2.75, 3.05) is 31.6 Å². The lowest BCUT2D eigenvalue weighted by Crippen LogP contribution is -2.50. The first kappa shape index (κ1) is 12.8. The zero-order valence-electron chi connectivity index (χ0n) is 10.4. The van der Waals surface area contributed by atoms with Crippen molar-refractivity contribution in [3.8, 4) is 0 Å². The van der Waals surface area contributed by atoms with Crippen LogP contribution in [0.2, 0.25) is 0 Å². The molecular weight excluding hydrogens is 280 g/mol. The van der Waals surface area contributed by atoms with Crippen LogP contribution in [0.25, 0.3) is 0 Å². The van der Waals surface area contributed by atoms with Crippen molar-refractivity contribution in [3.05, 3.63) is 22.3 Å². The average molecular weight is 299 g/mol. The van der Waals surface area contributed by atoms with Crippen LogP contribution in [0.15, 0.2) is 16.7 Å². The molecule has 0 amide bonds. The molecule has 17 heavy (non-hydrogen) atoms. The Morgan fingerprint density at radius 2 is 2.29 bits per heavy atom. The third-order valence-corrected chi connectivity index (χ3v) is 3.82. The topological polar surface area (TPSA) is 45.4 Å². The standard InChI is InChI=1S/C12H19BrN4/c1-9-8-17(4-3-16(9)2)12-10(6-14)5-11(13)7-15-12/h5,7,9H,3-4,6,8,14H2,1-2H3. The number of aromatic nitrogens is 1. The molecule has 94 valence electrons. The fraction of sp³-hybridized carbons (Fsp3) is 0.583. The minimum atomic E-state index is 0.530. The molecular formula is C12H19BrN4. The summed E-state index contributed by atoms with van der Waals surface area (Å²) in [7, 11) is 2.17. The van der Waals surface area contributed by atoms with Crippen LogP contribution in [0.3, 0.4) is 0 Å². The van der Waals surface area contributed by atoms with E-state index in [0.29, 0.717) is 12.6 Å². The summed E-state index contributed by atoms with van der Waals surface area (Å²) in [5, 5.41) is 0. The van der Waals surface area contributed by atoms with Gasteiger partial charge in [-0.25, -0.2) is 4.98 Å².